The van der Waals surface area contributed by atoms with Crippen molar-refractivity contribution in [2.45, 2.75) is 34.6 Å². The SMILES string of the molecule is CC.CC.CCOC(=O)c1nc(-c2ccccc2)n(-c2ccccc2)n1. The Morgan fingerprint density at radius 3 is 2.00 bits per heavy atom. The van der Waals surface area contributed by atoms with Crippen LogP contribution >= 0.6 is 0 Å². The van der Waals surface area contributed by atoms with Gasteiger partial charge in [-0.2, -0.15) is 0 Å². The monoisotopic (exact) mass is 353 g/mol. The fraction of sp³-hybridized carbons (Fsp3) is 0.286. The molecule has 0 aliphatic carbocycles. The highest BCUT2D eigenvalue weighted by molar-refractivity contribution is 5.85. The molecule has 0 saturated heterocycles. The van der Waals surface area contributed by atoms with E-state index < -0.39 is 5.97 Å². The van der Waals surface area contributed by atoms with Crippen molar-refractivity contribution in [2.24, 2.45) is 0 Å². The van der Waals surface area contributed by atoms with Gasteiger partial charge in [0.1, 0.15) is 0 Å². The first kappa shape index (κ1) is 21.1. The number of para-hydroxylation sites is 1. The molecule has 5 heteroatoms. The summed E-state index contributed by atoms with van der Waals surface area (Å²) >= 11 is 0. The van der Waals surface area contributed by atoms with E-state index in [1.807, 2.05) is 88.4 Å². The summed E-state index contributed by atoms with van der Waals surface area (Å²) in [5, 5.41) is 4.31. The Hall–Kier alpha value is -2.95. The first-order valence-electron chi connectivity index (χ1n) is 9.04. The van der Waals surface area contributed by atoms with E-state index >= 15 is 0 Å². The van der Waals surface area contributed by atoms with Crippen LogP contribution in [0.2, 0.25) is 0 Å². The van der Waals surface area contributed by atoms with Crippen LogP contribution in [0.25, 0.3) is 17.1 Å². The van der Waals surface area contributed by atoms with Crippen molar-refractivity contribution < 1.29 is 9.53 Å². The van der Waals surface area contributed by atoms with Crippen LogP contribution in [0.5, 0.6) is 0 Å². The van der Waals surface area contributed by atoms with Crippen LogP contribution < -0.4 is 0 Å². The van der Waals surface area contributed by atoms with Crippen LogP contribution in [0, 0.1) is 0 Å². The molecular weight excluding hydrogens is 326 g/mol. The van der Waals surface area contributed by atoms with E-state index in [1.54, 1.807) is 11.6 Å². The van der Waals surface area contributed by atoms with E-state index in [0.29, 0.717) is 12.4 Å². The number of benzene rings is 2. The van der Waals surface area contributed by atoms with Gasteiger partial charge in [0.2, 0.25) is 0 Å². The number of hydrogen-bond acceptors (Lipinski definition) is 4. The van der Waals surface area contributed by atoms with Gasteiger partial charge in [-0.05, 0) is 19.1 Å². The van der Waals surface area contributed by atoms with E-state index in [9.17, 15) is 4.79 Å². The molecule has 0 aliphatic heterocycles. The second kappa shape index (κ2) is 11.6. The molecule has 0 amide bonds. The summed E-state index contributed by atoms with van der Waals surface area (Å²) in [6.45, 7) is 10.0. The Balaban J connectivity index is 0.000000791. The fourth-order valence-electron chi connectivity index (χ4n) is 2.12. The Labute approximate surface area is 155 Å². The Morgan fingerprint density at radius 2 is 1.46 bits per heavy atom. The van der Waals surface area contributed by atoms with Gasteiger partial charge < -0.3 is 4.74 Å². The van der Waals surface area contributed by atoms with Gasteiger partial charge in [0.05, 0.1) is 12.3 Å². The fourth-order valence-corrected chi connectivity index (χ4v) is 2.12. The number of esters is 1. The number of carbonyl (C=O) groups is 1. The average Bonchev–Trinajstić information content (AvgIpc) is 3.18. The molecule has 0 spiro atoms. The summed E-state index contributed by atoms with van der Waals surface area (Å²) in [7, 11) is 0. The maximum absolute atomic E-state index is 11.9. The third kappa shape index (κ3) is 5.28. The highest BCUT2D eigenvalue weighted by atomic mass is 16.5. The Morgan fingerprint density at radius 1 is 0.923 bits per heavy atom. The zero-order valence-corrected chi connectivity index (χ0v) is 16.1. The molecule has 2 aromatic carbocycles. The van der Waals surface area contributed by atoms with Gasteiger partial charge in [0, 0.05) is 5.56 Å². The predicted octanol–water partition coefficient (Wildman–Crippen LogP) is 5.16. The molecule has 26 heavy (non-hydrogen) atoms. The van der Waals surface area contributed by atoms with E-state index in [2.05, 4.69) is 10.1 Å². The molecule has 0 radical (unpaired) electrons. The van der Waals surface area contributed by atoms with Crippen molar-refractivity contribution in [3.05, 3.63) is 66.5 Å². The molecule has 0 atom stereocenters. The lowest BCUT2D eigenvalue weighted by atomic mass is 10.2. The van der Waals surface area contributed by atoms with Crippen LogP contribution in [-0.2, 0) is 4.74 Å². The summed E-state index contributed by atoms with van der Waals surface area (Å²) in [5.41, 5.74) is 1.72. The number of ether oxygens (including phenoxy) is 1. The molecule has 0 unspecified atom stereocenters. The highest BCUT2D eigenvalue weighted by Crippen LogP contribution is 2.21. The van der Waals surface area contributed by atoms with E-state index in [-0.39, 0.29) is 5.82 Å². The van der Waals surface area contributed by atoms with Crippen molar-refractivity contribution in [3.63, 3.8) is 0 Å². The zero-order valence-electron chi connectivity index (χ0n) is 16.1. The summed E-state index contributed by atoms with van der Waals surface area (Å²) in [6.07, 6.45) is 0. The van der Waals surface area contributed by atoms with Crippen molar-refractivity contribution in [3.8, 4) is 17.1 Å². The molecule has 0 N–H and O–H groups in total. The van der Waals surface area contributed by atoms with Crippen molar-refractivity contribution in [2.75, 3.05) is 6.61 Å². The third-order valence-electron chi connectivity index (χ3n) is 3.10. The second-order valence-corrected chi connectivity index (χ2v) is 4.59. The van der Waals surface area contributed by atoms with Gasteiger partial charge in [0.15, 0.2) is 5.82 Å². The molecule has 138 valence electrons. The van der Waals surface area contributed by atoms with Gasteiger partial charge in [-0.25, -0.2) is 14.5 Å². The lowest BCUT2D eigenvalue weighted by molar-refractivity contribution is 0.0512. The summed E-state index contributed by atoms with van der Waals surface area (Å²) in [6, 6.07) is 19.2. The Kier molecular flexibility index (Phi) is 9.39. The van der Waals surface area contributed by atoms with E-state index in [1.165, 1.54) is 0 Å². The number of carbonyl (C=O) groups excluding carboxylic acids is 1. The molecule has 0 bridgehead atoms. The molecule has 3 aromatic rings. The lowest BCUT2D eigenvalue weighted by Crippen LogP contribution is -2.07. The van der Waals surface area contributed by atoms with Crippen LogP contribution in [-0.4, -0.2) is 27.3 Å². The molecule has 3 rings (SSSR count). The van der Waals surface area contributed by atoms with Crippen LogP contribution in [0.15, 0.2) is 60.7 Å². The van der Waals surface area contributed by atoms with Gasteiger partial charge in [-0.15, -0.1) is 5.10 Å². The van der Waals surface area contributed by atoms with E-state index in [4.69, 9.17) is 4.74 Å². The number of nitrogens with zero attached hydrogens (tertiary/aromatic N) is 3. The molecule has 5 nitrogen and oxygen atoms in total. The summed E-state index contributed by atoms with van der Waals surface area (Å²) in [5.74, 6) is 0.147. The minimum atomic E-state index is -0.519. The minimum Gasteiger partial charge on any atom is -0.460 e. The number of rotatable bonds is 4. The molecule has 0 fully saturated rings. The first-order valence-corrected chi connectivity index (χ1v) is 9.04. The highest BCUT2D eigenvalue weighted by Gasteiger charge is 2.19. The zero-order chi connectivity index (χ0) is 19.4. The molecule has 1 heterocycles. The van der Waals surface area contributed by atoms with E-state index in [0.717, 1.165) is 11.3 Å². The minimum absolute atomic E-state index is 0.0598. The third-order valence-corrected chi connectivity index (χ3v) is 3.10. The van der Waals surface area contributed by atoms with Gasteiger partial charge in [0.25, 0.3) is 5.82 Å². The average molecular weight is 353 g/mol. The van der Waals surface area contributed by atoms with Crippen molar-refractivity contribution >= 4 is 5.97 Å². The van der Waals surface area contributed by atoms with Crippen LogP contribution in [0.4, 0.5) is 0 Å². The van der Waals surface area contributed by atoms with Gasteiger partial charge in [-0.1, -0.05) is 76.2 Å². The molecule has 0 aliphatic rings. The summed E-state index contributed by atoms with van der Waals surface area (Å²) < 4.78 is 6.65. The summed E-state index contributed by atoms with van der Waals surface area (Å²) in [4.78, 5) is 16.3. The van der Waals surface area contributed by atoms with Crippen molar-refractivity contribution in [1.29, 1.82) is 0 Å². The largest absolute Gasteiger partial charge is 0.460 e. The smallest absolute Gasteiger partial charge is 0.378 e. The normalized spacial score (nSPS) is 9.27. The second-order valence-electron chi connectivity index (χ2n) is 4.59. The standard InChI is InChI=1S/C17H15N3O2.2C2H6/c1-2-22-17(21)15-18-16(13-9-5-3-6-10-13)20(19-15)14-11-7-4-8-12-14;2*1-2/h3-12H,2H2,1H3;2*1-2H3. The maximum Gasteiger partial charge on any atom is 0.378 e. The lowest BCUT2D eigenvalue weighted by Gasteiger charge is -2.05. The first-order chi connectivity index (χ1) is 12.8. The quantitative estimate of drug-likeness (QED) is 0.608. The van der Waals surface area contributed by atoms with Crippen LogP contribution in [0.1, 0.15) is 45.2 Å². The predicted molar refractivity (Wildman–Crippen MR) is 105 cm³/mol. The van der Waals surface area contributed by atoms with Crippen LogP contribution in [0.3, 0.4) is 0 Å². The topological polar surface area (TPSA) is 57.0 Å². The maximum atomic E-state index is 11.9. The molecule has 0 saturated carbocycles. The van der Waals surface area contributed by atoms with Crippen molar-refractivity contribution in [1.82, 2.24) is 14.8 Å². The van der Waals surface area contributed by atoms with Gasteiger partial charge >= 0.3 is 5.97 Å². The van der Waals surface area contributed by atoms with Gasteiger partial charge in [-0.3, -0.25) is 0 Å². The molecule has 1 aromatic heterocycles. The Bertz CT molecular complexity index is 711. The number of hydrogen-bond donors (Lipinski definition) is 0. The number of aromatic nitrogens is 3. The molecular formula is C21H27N3O2.